The van der Waals surface area contributed by atoms with Gasteiger partial charge in [-0.15, -0.1) is 0 Å². The third-order valence-electron chi connectivity index (χ3n) is 8.73. The van der Waals surface area contributed by atoms with Crippen LogP contribution in [0.15, 0.2) is 18.7 Å². The van der Waals surface area contributed by atoms with Crippen molar-refractivity contribution >= 4 is 0 Å². The molecule has 1 unspecified atom stereocenters. The summed E-state index contributed by atoms with van der Waals surface area (Å²) in [7, 11) is 0. The fourth-order valence-corrected chi connectivity index (χ4v) is 5.95. The summed E-state index contributed by atoms with van der Waals surface area (Å²) < 4.78 is 2.37. The molecule has 0 radical (unpaired) electrons. The lowest BCUT2D eigenvalue weighted by Gasteiger charge is -2.36. The number of imidazole rings is 1. The molecule has 0 spiro atoms. The molecule has 1 aromatic rings. The zero-order chi connectivity index (χ0) is 26.2. The van der Waals surface area contributed by atoms with Crippen molar-refractivity contribution in [2.24, 2.45) is 5.92 Å². The molecule has 0 aliphatic rings. The van der Waals surface area contributed by atoms with E-state index in [1.807, 2.05) is 12.5 Å². The summed E-state index contributed by atoms with van der Waals surface area (Å²) in [6.07, 6.45) is 41.9. The van der Waals surface area contributed by atoms with Crippen molar-refractivity contribution in [1.29, 1.82) is 0 Å². The maximum absolute atomic E-state index is 4.36. The van der Waals surface area contributed by atoms with Gasteiger partial charge >= 0.3 is 0 Å². The number of aromatic nitrogens is 2. The molecule has 0 aliphatic heterocycles. The van der Waals surface area contributed by atoms with E-state index in [0.29, 0.717) is 0 Å². The summed E-state index contributed by atoms with van der Waals surface area (Å²) in [6, 6.07) is 0. The summed E-state index contributed by atoms with van der Waals surface area (Å²) in [4.78, 5) is 4.36. The van der Waals surface area contributed by atoms with E-state index in [9.17, 15) is 0 Å². The molecule has 0 N–H and O–H groups in total. The standard InChI is InChI=1S/C34H66N2/c1-5-7-9-11-13-15-17-19-21-23-25-27-29-33(34(3,4)36-31-30-35-32-36)28-26-24-22-20-18-16-14-12-10-8-6-2/h30-33H,5-29H2,1-4H3. The Bertz CT molecular complexity index is 548. The molecule has 1 aromatic heterocycles. The first kappa shape index (κ1) is 33.2. The van der Waals surface area contributed by atoms with Gasteiger partial charge in [0.05, 0.1) is 6.33 Å². The minimum Gasteiger partial charge on any atom is -0.332 e. The van der Waals surface area contributed by atoms with E-state index in [1.54, 1.807) is 0 Å². The van der Waals surface area contributed by atoms with Crippen LogP contribution in [-0.4, -0.2) is 9.55 Å². The normalized spacial score (nSPS) is 12.9. The second-order valence-electron chi connectivity index (χ2n) is 12.3. The van der Waals surface area contributed by atoms with Gasteiger partial charge in [-0.3, -0.25) is 0 Å². The Kier molecular flexibility index (Phi) is 21.5. The van der Waals surface area contributed by atoms with E-state index in [2.05, 4.69) is 43.4 Å². The molecule has 0 aliphatic carbocycles. The summed E-state index contributed by atoms with van der Waals surface area (Å²) in [5.74, 6) is 0.758. The van der Waals surface area contributed by atoms with Crippen molar-refractivity contribution in [3.63, 3.8) is 0 Å². The van der Waals surface area contributed by atoms with Crippen LogP contribution >= 0.6 is 0 Å². The van der Waals surface area contributed by atoms with Gasteiger partial charge in [0.2, 0.25) is 0 Å². The maximum atomic E-state index is 4.36. The third kappa shape index (κ3) is 16.9. The molecular weight excluding hydrogens is 436 g/mol. The zero-order valence-electron chi connectivity index (χ0n) is 25.4. The average Bonchev–Trinajstić information content (AvgIpc) is 3.42. The van der Waals surface area contributed by atoms with Crippen LogP contribution in [0.5, 0.6) is 0 Å². The van der Waals surface area contributed by atoms with Crippen molar-refractivity contribution in [3.05, 3.63) is 18.7 Å². The molecule has 0 bridgehead atoms. The lowest BCUT2D eigenvalue weighted by atomic mass is 9.79. The Hall–Kier alpha value is -0.790. The minimum atomic E-state index is 0.173. The van der Waals surface area contributed by atoms with Crippen LogP contribution in [0.1, 0.15) is 188 Å². The first-order valence-corrected chi connectivity index (χ1v) is 16.6. The van der Waals surface area contributed by atoms with Gasteiger partial charge in [0, 0.05) is 17.9 Å². The third-order valence-corrected chi connectivity index (χ3v) is 8.73. The minimum absolute atomic E-state index is 0.173. The predicted octanol–water partition coefficient (Wildman–Crippen LogP) is 12.0. The SMILES string of the molecule is CCCCCCCCCCCCCCC(CCCCCCCCCCCCC)C(C)(C)n1ccnc1. The highest BCUT2D eigenvalue weighted by molar-refractivity contribution is 4.90. The number of rotatable bonds is 27. The Morgan fingerprint density at radius 2 is 0.861 bits per heavy atom. The van der Waals surface area contributed by atoms with Crippen LogP contribution in [0.4, 0.5) is 0 Å². The van der Waals surface area contributed by atoms with Gasteiger partial charge in [-0.1, -0.05) is 162 Å². The zero-order valence-corrected chi connectivity index (χ0v) is 25.4. The monoisotopic (exact) mass is 503 g/mol. The largest absolute Gasteiger partial charge is 0.332 e. The van der Waals surface area contributed by atoms with E-state index >= 15 is 0 Å². The summed E-state index contributed by atoms with van der Waals surface area (Å²) in [5.41, 5.74) is 0.173. The van der Waals surface area contributed by atoms with Crippen LogP contribution in [-0.2, 0) is 5.54 Å². The number of hydrogen-bond acceptors (Lipinski definition) is 1. The van der Waals surface area contributed by atoms with E-state index in [-0.39, 0.29) is 5.54 Å². The van der Waals surface area contributed by atoms with Crippen molar-refractivity contribution in [3.8, 4) is 0 Å². The maximum Gasteiger partial charge on any atom is 0.0951 e. The van der Waals surface area contributed by atoms with Gasteiger partial charge in [0.15, 0.2) is 0 Å². The Labute approximate surface area is 227 Å². The smallest absolute Gasteiger partial charge is 0.0951 e. The van der Waals surface area contributed by atoms with Gasteiger partial charge in [-0.05, 0) is 32.6 Å². The van der Waals surface area contributed by atoms with Crippen LogP contribution < -0.4 is 0 Å². The topological polar surface area (TPSA) is 17.8 Å². The molecule has 0 saturated carbocycles. The molecule has 1 heterocycles. The second kappa shape index (κ2) is 23.3. The van der Waals surface area contributed by atoms with Gasteiger partial charge in [0.1, 0.15) is 0 Å². The highest BCUT2D eigenvalue weighted by atomic mass is 15.1. The molecule has 212 valence electrons. The number of hydrogen-bond donors (Lipinski definition) is 0. The average molecular weight is 503 g/mol. The van der Waals surface area contributed by atoms with Crippen LogP contribution in [0.2, 0.25) is 0 Å². The summed E-state index contributed by atoms with van der Waals surface area (Å²) in [5, 5.41) is 0. The Morgan fingerprint density at radius 3 is 1.17 bits per heavy atom. The van der Waals surface area contributed by atoms with Crippen molar-refractivity contribution in [2.45, 2.75) is 194 Å². The molecular formula is C34H66N2. The predicted molar refractivity (Wildman–Crippen MR) is 162 cm³/mol. The van der Waals surface area contributed by atoms with Gasteiger partial charge in [-0.2, -0.15) is 0 Å². The van der Waals surface area contributed by atoms with Crippen LogP contribution in [0, 0.1) is 5.92 Å². The summed E-state index contributed by atoms with van der Waals surface area (Å²) in [6.45, 7) is 9.50. The van der Waals surface area contributed by atoms with E-state index < -0.39 is 0 Å². The Balaban J connectivity index is 2.18. The highest BCUT2D eigenvalue weighted by Crippen LogP contribution is 2.34. The molecule has 1 rings (SSSR count). The molecule has 36 heavy (non-hydrogen) atoms. The van der Waals surface area contributed by atoms with Crippen molar-refractivity contribution in [2.75, 3.05) is 0 Å². The first-order valence-electron chi connectivity index (χ1n) is 16.6. The first-order chi connectivity index (χ1) is 17.6. The van der Waals surface area contributed by atoms with Gasteiger partial charge in [0.25, 0.3) is 0 Å². The van der Waals surface area contributed by atoms with Gasteiger partial charge in [-0.25, -0.2) is 4.98 Å². The molecule has 0 fully saturated rings. The number of nitrogens with zero attached hydrogens (tertiary/aromatic N) is 2. The van der Waals surface area contributed by atoms with Crippen LogP contribution in [0.25, 0.3) is 0 Å². The van der Waals surface area contributed by atoms with Crippen molar-refractivity contribution in [1.82, 2.24) is 9.55 Å². The molecule has 0 amide bonds. The fourth-order valence-electron chi connectivity index (χ4n) is 5.95. The van der Waals surface area contributed by atoms with E-state index in [1.165, 1.54) is 161 Å². The van der Waals surface area contributed by atoms with Gasteiger partial charge < -0.3 is 4.57 Å². The quantitative estimate of drug-likeness (QED) is 0.109. The van der Waals surface area contributed by atoms with E-state index in [4.69, 9.17) is 0 Å². The molecule has 2 heteroatoms. The molecule has 2 nitrogen and oxygen atoms in total. The lowest BCUT2D eigenvalue weighted by Crippen LogP contribution is -2.34. The summed E-state index contributed by atoms with van der Waals surface area (Å²) >= 11 is 0. The molecule has 1 atom stereocenters. The van der Waals surface area contributed by atoms with Crippen molar-refractivity contribution < 1.29 is 0 Å². The molecule has 0 aromatic carbocycles. The fraction of sp³-hybridized carbons (Fsp3) is 0.912. The van der Waals surface area contributed by atoms with Crippen LogP contribution in [0.3, 0.4) is 0 Å². The second-order valence-corrected chi connectivity index (χ2v) is 12.3. The molecule has 0 saturated heterocycles. The Morgan fingerprint density at radius 1 is 0.528 bits per heavy atom. The van der Waals surface area contributed by atoms with E-state index in [0.717, 1.165) is 5.92 Å². The number of unbranched alkanes of at least 4 members (excludes halogenated alkanes) is 21. The highest BCUT2D eigenvalue weighted by Gasteiger charge is 2.30. The lowest BCUT2D eigenvalue weighted by molar-refractivity contribution is 0.181.